The van der Waals surface area contributed by atoms with Gasteiger partial charge in [-0.05, 0) is 32.3 Å². The van der Waals surface area contributed by atoms with Crippen LogP contribution in [0.15, 0.2) is 24.9 Å². The van der Waals surface area contributed by atoms with Gasteiger partial charge in [-0.2, -0.15) is 0 Å². The van der Waals surface area contributed by atoms with Crippen molar-refractivity contribution >= 4 is 5.78 Å². The molecule has 4 nitrogen and oxygen atoms in total. The predicted octanol–water partition coefficient (Wildman–Crippen LogP) is 2.83. The molecule has 0 N–H and O–H groups in total. The van der Waals surface area contributed by atoms with E-state index in [0.717, 1.165) is 24.9 Å². The maximum Gasteiger partial charge on any atom is 0.164 e. The second-order valence-electron chi connectivity index (χ2n) is 5.53. The molecule has 0 unspecified atom stereocenters. The molecule has 2 aromatic heterocycles. The Morgan fingerprint density at radius 2 is 2.16 bits per heavy atom. The van der Waals surface area contributed by atoms with Crippen molar-refractivity contribution in [3.8, 4) is 0 Å². The fourth-order valence-electron chi connectivity index (χ4n) is 2.78. The van der Waals surface area contributed by atoms with Gasteiger partial charge < -0.3 is 9.13 Å². The van der Waals surface area contributed by atoms with Gasteiger partial charge in [0.05, 0.1) is 18.6 Å². The number of nitrogens with zero attached hydrogens (tertiary/aromatic N) is 3. The van der Waals surface area contributed by atoms with Gasteiger partial charge in [-0.25, -0.2) is 4.98 Å². The molecule has 4 heteroatoms. The van der Waals surface area contributed by atoms with Crippen LogP contribution < -0.4 is 0 Å². The number of hydrogen-bond donors (Lipinski definition) is 0. The largest absolute Gasteiger partial charge is 0.347 e. The van der Waals surface area contributed by atoms with Gasteiger partial charge in [-0.1, -0.05) is 0 Å². The topological polar surface area (TPSA) is 39.8 Å². The Balaban J connectivity index is 1.88. The summed E-state index contributed by atoms with van der Waals surface area (Å²) in [5, 5.41) is 0. The summed E-state index contributed by atoms with van der Waals surface area (Å²) in [4.78, 5) is 16.1. The van der Waals surface area contributed by atoms with Crippen LogP contribution in [0.2, 0.25) is 0 Å². The van der Waals surface area contributed by atoms with Crippen molar-refractivity contribution in [1.82, 2.24) is 14.1 Å². The van der Waals surface area contributed by atoms with Gasteiger partial charge in [0.15, 0.2) is 5.78 Å². The number of hydrogen-bond acceptors (Lipinski definition) is 2. The van der Waals surface area contributed by atoms with E-state index in [-0.39, 0.29) is 5.78 Å². The zero-order valence-corrected chi connectivity index (χ0v) is 11.5. The van der Waals surface area contributed by atoms with Crippen LogP contribution in [-0.2, 0) is 13.0 Å². The summed E-state index contributed by atoms with van der Waals surface area (Å²) in [6.45, 7) is 5.07. The van der Waals surface area contributed by atoms with E-state index in [0.29, 0.717) is 12.5 Å². The molecule has 0 amide bonds. The van der Waals surface area contributed by atoms with Crippen molar-refractivity contribution in [2.75, 3.05) is 0 Å². The van der Waals surface area contributed by atoms with Crippen molar-refractivity contribution < 1.29 is 4.79 Å². The molecule has 19 heavy (non-hydrogen) atoms. The molecule has 2 aromatic rings. The number of fused-ring (bicyclic) bond motifs is 1. The lowest BCUT2D eigenvalue weighted by Gasteiger charge is -2.12. The maximum absolute atomic E-state index is 11.8. The van der Waals surface area contributed by atoms with Crippen LogP contribution in [0.5, 0.6) is 0 Å². The van der Waals surface area contributed by atoms with Crippen molar-refractivity contribution in [1.29, 1.82) is 0 Å². The van der Waals surface area contributed by atoms with E-state index in [1.165, 1.54) is 11.3 Å². The SMILES string of the molecule is CC(C)n1cncc1Cn1cc2c(c1)C(=O)CCC2. The Bertz CT molecular complexity index is 607. The molecule has 0 aromatic carbocycles. The first-order valence-corrected chi connectivity index (χ1v) is 6.87. The first-order chi connectivity index (χ1) is 9.15. The number of imidazole rings is 1. The van der Waals surface area contributed by atoms with E-state index in [2.05, 4.69) is 34.2 Å². The highest BCUT2D eigenvalue weighted by atomic mass is 16.1. The van der Waals surface area contributed by atoms with Crippen molar-refractivity contribution in [2.24, 2.45) is 0 Å². The number of carbonyl (C=O) groups is 1. The first kappa shape index (κ1) is 12.2. The second kappa shape index (κ2) is 4.68. The molecule has 0 aliphatic heterocycles. The van der Waals surface area contributed by atoms with Gasteiger partial charge in [0.25, 0.3) is 0 Å². The third kappa shape index (κ3) is 2.23. The number of ketones is 1. The average Bonchev–Trinajstić information content (AvgIpc) is 2.96. The van der Waals surface area contributed by atoms with Gasteiger partial charge in [-0.3, -0.25) is 4.79 Å². The van der Waals surface area contributed by atoms with Crippen LogP contribution in [0.3, 0.4) is 0 Å². The summed E-state index contributed by atoms with van der Waals surface area (Å²) in [5.41, 5.74) is 3.29. The minimum absolute atomic E-state index is 0.289. The Morgan fingerprint density at radius 3 is 2.89 bits per heavy atom. The monoisotopic (exact) mass is 257 g/mol. The summed E-state index contributed by atoms with van der Waals surface area (Å²) in [7, 11) is 0. The number of carbonyl (C=O) groups excluding carboxylic acids is 1. The van der Waals surface area contributed by atoms with Crippen LogP contribution in [0.1, 0.15) is 54.3 Å². The van der Waals surface area contributed by atoms with Gasteiger partial charge in [0.1, 0.15) is 0 Å². The number of aryl methyl sites for hydroxylation is 1. The fraction of sp³-hybridized carbons (Fsp3) is 0.467. The molecule has 0 bridgehead atoms. The maximum atomic E-state index is 11.8. The molecular formula is C15H19N3O. The normalized spacial score (nSPS) is 15.0. The molecular weight excluding hydrogens is 238 g/mol. The molecule has 3 rings (SSSR count). The van der Waals surface area contributed by atoms with E-state index in [1.807, 2.05) is 18.7 Å². The standard InChI is InChI=1S/C15H19N3O/c1-11(2)18-10-16-6-13(18)8-17-7-12-4-3-5-15(19)14(12)9-17/h6-7,9-11H,3-5,8H2,1-2H3. The van der Waals surface area contributed by atoms with E-state index >= 15 is 0 Å². The highest BCUT2D eigenvalue weighted by Gasteiger charge is 2.19. The molecule has 1 aliphatic carbocycles. The summed E-state index contributed by atoms with van der Waals surface area (Å²) in [6, 6.07) is 0.407. The van der Waals surface area contributed by atoms with Crippen LogP contribution in [0.25, 0.3) is 0 Å². The molecule has 0 atom stereocenters. The highest BCUT2D eigenvalue weighted by molar-refractivity contribution is 5.98. The average molecular weight is 257 g/mol. The summed E-state index contributed by atoms with van der Waals surface area (Å²) in [6.07, 6.45) is 10.6. The van der Waals surface area contributed by atoms with Gasteiger partial charge >= 0.3 is 0 Å². The third-order valence-electron chi connectivity index (χ3n) is 3.76. The fourth-order valence-corrected chi connectivity index (χ4v) is 2.78. The molecule has 1 aliphatic rings. The number of Topliss-reactive ketones (excluding diaryl/α,β-unsaturated/α-hetero) is 1. The van der Waals surface area contributed by atoms with Gasteiger partial charge in [-0.15, -0.1) is 0 Å². The lowest BCUT2D eigenvalue weighted by atomic mass is 9.95. The number of rotatable bonds is 3. The zero-order chi connectivity index (χ0) is 13.4. The van der Waals surface area contributed by atoms with Crippen LogP contribution >= 0.6 is 0 Å². The Labute approximate surface area is 113 Å². The van der Waals surface area contributed by atoms with E-state index < -0.39 is 0 Å². The molecule has 100 valence electrons. The van der Waals surface area contributed by atoms with Crippen molar-refractivity contribution in [3.63, 3.8) is 0 Å². The Kier molecular flexibility index (Phi) is 3.01. The zero-order valence-electron chi connectivity index (χ0n) is 11.5. The Morgan fingerprint density at radius 1 is 1.32 bits per heavy atom. The minimum Gasteiger partial charge on any atom is -0.347 e. The lowest BCUT2D eigenvalue weighted by Crippen LogP contribution is -2.08. The second-order valence-corrected chi connectivity index (χ2v) is 5.53. The smallest absolute Gasteiger partial charge is 0.164 e. The van der Waals surface area contributed by atoms with Crippen molar-refractivity contribution in [3.05, 3.63) is 41.7 Å². The lowest BCUT2D eigenvalue weighted by molar-refractivity contribution is 0.0973. The van der Waals surface area contributed by atoms with E-state index in [9.17, 15) is 4.79 Å². The van der Waals surface area contributed by atoms with E-state index in [1.54, 1.807) is 0 Å². The van der Waals surface area contributed by atoms with Crippen molar-refractivity contribution in [2.45, 2.75) is 45.7 Å². The van der Waals surface area contributed by atoms with Crippen LogP contribution in [0, 0.1) is 0 Å². The summed E-state index contributed by atoms with van der Waals surface area (Å²) >= 11 is 0. The molecule has 2 heterocycles. The molecule has 0 radical (unpaired) electrons. The number of aromatic nitrogens is 3. The predicted molar refractivity (Wildman–Crippen MR) is 73.4 cm³/mol. The Hall–Kier alpha value is -1.84. The van der Waals surface area contributed by atoms with Crippen LogP contribution in [-0.4, -0.2) is 19.9 Å². The summed E-state index contributed by atoms with van der Waals surface area (Å²) in [5.74, 6) is 0.289. The first-order valence-electron chi connectivity index (χ1n) is 6.87. The summed E-state index contributed by atoms with van der Waals surface area (Å²) < 4.78 is 4.28. The molecule has 0 saturated heterocycles. The molecule has 0 saturated carbocycles. The molecule has 0 fully saturated rings. The quantitative estimate of drug-likeness (QED) is 0.848. The van der Waals surface area contributed by atoms with E-state index in [4.69, 9.17) is 0 Å². The van der Waals surface area contributed by atoms with Gasteiger partial charge in [0.2, 0.25) is 0 Å². The molecule has 0 spiro atoms. The van der Waals surface area contributed by atoms with Gasteiger partial charge in [0, 0.05) is 36.6 Å². The minimum atomic E-state index is 0.289. The third-order valence-corrected chi connectivity index (χ3v) is 3.76. The van der Waals surface area contributed by atoms with Crippen LogP contribution in [0.4, 0.5) is 0 Å². The highest BCUT2D eigenvalue weighted by Crippen LogP contribution is 2.22.